The highest BCUT2D eigenvalue weighted by Crippen LogP contribution is 2.23. The Hall–Kier alpha value is -2.04. The summed E-state index contributed by atoms with van der Waals surface area (Å²) in [7, 11) is 1.44. The van der Waals surface area contributed by atoms with Crippen molar-refractivity contribution in [3.8, 4) is 5.75 Å². The highest BCUT2D eigenvalue weighted by atomic mass is 19.1. The molecular weight excluding hydrogens is 233 g/mol. The average molecular weight is 249 g/mol. The number of nitrogens with zero attached hydrogens (tertiary/aromatic N) is 2. The van der Waals surface area contributed by atoms with Crippen molar-refractivity contribution in [2.24, 2.45) is 0 Å². The molecule has 0 aliphatic rings. The predicted molar refractivity (Wildman–Crippen MR) is 68.8 cm³/mol. The van der Waals surface area contributed by atoms with Crippen molar-refractivity contribution in [2.75, 3.05) is 12.4 Å². The topological polar surface area (TPSA) is 39.1 Å². The van der Waals surface area contributed by atoms with Gasteiger partial charge in [0.05, 0.1) is 7.11 Å². The molecule has 0 spiro atoms. The van der Waals surface area contributed by atoms with E-state index in [1.807, 2.05) is 10.8 Å². The van der Waals surface area contributed by atoms with Crippen LogP contribution in [0.5, 0.6) is 5.75 Å². The fourth-order valence-corrected chi connectivity index (χ4v) is 1.70. The standard InChI is InChI=1S/C13H16FN3O/c1-9(2)17-7-6-15-13(17)16-10-4-5-12(18-3)11(14)8-10/h4-9H,1-3H3,(H,15,16). The molecule has 0 fully saturated rings. The van der Waals surface area contributed by atoms with E-state index in [9.17, 15) is 4.39 Å². The summed E-state index contributed by atoms with van der Waals surface area (Å²) in [5.41, 5.74) is 0.640. The summed E-state index contributed by atoms with van der Waals surface area (Å²) in [5.74, 6) is 0.521. The summed E-state index contributed by atoms with van der Waals surface area (Å²) >= 11 is 0. The zero-order valence-corrected chi connectivity index (χ0v) is 10.6. The van der Waals surface area contributed by atoms with Crippen LogP contribution in [0.1, 0.15) is 19.9 Å². The molecule has 0 unspecified atom stereocenters. The van der Waals surface area contributed by atoms with Crippen molar-refractivity contribution in [3.63, 3.8) is 0 Å². The number of hydrogen-bond donors (Lipinski definition) is 1. The Morgan fingerprint density at radius 2 is 2.17 bits per heavy atom. The van der Waals surface area contributed by atoms with E-state index >= 15 is 0 Å². The van der Waals surface area contributed by atoms with Gasteiger partial charge >= 0.3 is 0 Å². The largest absolute Gasteiger partial charge is 0.494 e. The Morgan fingerprint density at radius 3 is 2.78 bits per heavy atom. The van der Waals surface area contributed by atoms with Crippen molar-refractivity contribution in [2.45, 2.75) is 19.9 Å². The Balaban J connectivity index is 2.23. The van der Waals surface area contributed by atoms with E-state index in [0.29, 0.717) is 11.6 Å². The number of halogens is 1. The number of anilines is 2. The molecule has 1 N–H and O–H groups in total. The number of hydrogen-bond acceptors (Lipinski definition) is 3. The van der Waals surface area contributed by atoms with E-state index in [-0.39, 0.29) is 11.8 Å². The van der Waals surface area contributed by atoms with Gasteiger partial charge < -0.3 is 14.6 Å². The Morgan fingerprint density at radius 1 is 1.39 bits per heavy atom. The zero-order valence-electron chi connectivity index (χ0n) is 10.6. The smallest absolute Gasteiger partial charge is 0.207 e. The van der Waals surface area contributed by atoms with Crippen LogP contribution in [0.4, 0.5) is 16.0 Å². The van der Waals surface area contributed by atoms with Crippen molar-refractivity contribution in [3.05, 3.63) is 36.4 Å². The van der Waals surface area contributed by atoms with E-state index in [1.165, 1.54) is 13.2 Å². The van der Waals surface area contributed by atoms with Crippen LogP contribution in [0.15, 0.2) is 30.6 Å². The second-order valence-corrected chi connectivity index (χ2v) is 4.23. The minimum absolute atomic E-state index is 0.229. The molecule has 0 radical (unpaired) electrons. The fourth-order valence-electron chi connectivity index (χ4n) is 1.70. The molecule has 1 aromatic heterocycles. The summed E-state index contributed by atoms with van der Waals surface area (Å²) in [6.45, 7) is 4.11. The number of nitrogens with one attached hydrogen (secondary N) is 1. The number of ether oxygens (including phenoxy) is 1. The molecule has 0 saturated carbocycles. The zero-order chi connectivity index (χ0) is 13.1. The Labute approximate surface area is 105 Å². The van der Waals surface area contributed by atoms with Crippen LogP contribution in [0.3, 0.4) is 0 Å². The monoisotopic (exact) mass is 249 g/mol. The number of methoxy groups -OCH3 is 1. The SMILES string of the molecule is COc1ccc(Nc2nccn2C(C)C)cc1F. The van der Waals surface area contributed by atoms with Crippen LogP contribution in [-0.4, -0.2) is 16.7 Å². The molecule has 2 rings (SSSR count). The van der Waals surface area contributed by atoms with E-state index in [0.717, 1.165) is 0 Å². The average Bonchev–Trinajstić information content (AvgIpc) is 2.77. The molecule has 5 heteroatoms. The highest BCUT2D eigenvalue weighted by molar-refractivity contribution is 5.55. The summed E-state index contributed by atoms with van der Waals surface area (Å²) in [6.07, 6.45) is 3.59. The van der Waals surface area contributed by atoms with Gasteiger partial charge in [0.1, 0.15) is 0 Å². The van der Waals surface area contributed by atoms with Gasteiger partial charge in [0, 0.05) is 30.2 Å². The van der Waals surface area contributed by atoms with Crippen LogP contribution >= 0.6 is 0 Å². The molecule has 0 aliphatic heterocycles. The molecule has 1 heterocycles. The molecule has 4 nitrogen and oxygen atoms in total. The summed E-state index contributed by atoms with van der Waals surface area (Å²) < 4.78 is 20.4. The normalized spacial score (nSPS) is 10.7. The Kier molecular flexibility index (Phi) is 3.50. The summed E-state index contributed by atoms with van der Waals surface area (Å²) in [5, 5.41) is 3.08. The lowest BCUT2D eigenvalue weighted by molar-refractivity contribution is 0.386. The first-order valence-electron chi connectivity index (χ1n) is 5.75. The van der Waals surface area contributed by atoms with Gasteiger partial charge in [0.2, 0.25) is 5.95 Å². The van der Waals surface area contributed by atoms with Gasteiger partial charge in [0.25, 0.3) is 0 Å². The lowest BCUT2D eigenvalue weighted by atomic mass is 10.3. The highest BCUT2D eigenvalue weighted by Gasteiger charge is 2.08. The maximum absolute atomic E-state index is 13.5. The van der Waals surface area contributed by atoms with Gasteiger partial charge in [-0.15, -0.1) is 0 Å². The third-order valence-electron chi connectivity index (χ3n) is 2.63. The van der Waals surface area contributed by atoms with Crippen LogP contribution < -0.4 is 10.1 Å². The molecule has 0 bridgehead atoms. The van der Waals surface area contributed by atoms with Crippen LogP contribution in [0, 0.1) is 5.82 Å². The van der Waals surface area contributed by atoms with Crippen molar-refractivity contribution in [1.29, 1.82) is 0 Å². The predicted octanol–water partition coefficient (Wildman–Crippen LogP) is 3.36. The first-order valence-corrected chi connectivity index (χ1v) is 5.75. The minimum Gasteiger partial charge on any atom is -0.494 e. The molecule has 0 aliphatic carbocycles. The van der Waals surface area contributed by atoms with E-state index < -0.39 is 5.82 Å². The first kappa shape index (κ1) is 12.4. The molecule has 96 valence electrons. The molecule has 18 heavy (non-hydrogen) atoms. The van der Waals surface area contributed by atoms with Crippen LogP contribution in [0.25, 0.3) is 0 Å². The lowest BCUT2D eigenvalue weighted by Gasteiger charge is -2.13. The second-order valence-electron chi connectivity index (χ2n) is 4.23. The maximum atomic E-state index is 13.5. The molecule has 1 aromatic carbocycles. The van der Waals surface area contributed by atoms with Gasteiger partial charge in [-0.05, 0) is 26.0 Å². The van der Waals surface area contributed by atoms with Crippen molar-refractivity contribution >= 4 is 11.6 Å². The molecule has 0 atom stereocenters. The second kappa shape index (κ2) is 5.08. The molecule has 0 amide bonds. The fraction of sp³-hybridized carbons (Fsp3) is 0.308. The number of benzene rings is 1. The first-order chi connectivity index (χ1) is 8.61. The van der Waals surface area contributed by atoms with Gasteiger partial charge in [-0.25, -0.2) is 9.37 Å². The van der Waals surface area contributed by atoms with Gasteiger partial charge in [-0.2, -0.15) is 0 Å². The van der Waals surface area contributed by atoms with Crippen LogP contribution in [-0.2, 0) is 0 Å². The van der Waals surface area contributed by atoms with Gasteiger partial charge in [-0.1, -0.05) is 0 Å². The van der Waals surface area contributed by atoms with E-state index in [1.54, 1.807) is 18.3 Å². The number of aromatic nitrogens is 2. The van der Waals surface area contributed by atoms with E-state index in [4.69, 9.17) is 4.74 Å². The molecule has 2 aromatic rings. The lowest BCUT2D eigenvalue weighted by Crippen LogP contribution is -2.05. The van der Waals surface area contributed by atoms with Gasteiger partial charge in [-0.3, -0.25) is 0 Å². The van der Waals surface area contributed by atoms with Crippen molar-refractivity contribution < 1.29 is 9.13 Å². The Bertz CT molecular complexity index is 537. The molecule has 0 saturated heterocycles. The van der Waals surface area contributed by atoms with Crippen molar-refractivity contribution in [1.82, 2.24) is 9.55 Å². The van der Waals surface area contributed by atoms with Crippen LogP contribution in [0.2, 0.25) is 0 Å². The third-order valence-corrected chi connectivity index (χ3v) is 2.63. The van der Waals surface area contributed by atoms with E-state index in [2.05, 4.69) is 24.1 Å². The van der Waals surface area contributed by atoms with Gasteiger partial charge in [0.15, 0.2) is 11.6 Å². The quantitative estimate of drug-likeness (QED) is 0.903. The number of imidazole rings is 1. The third kappa shape index (κ3) is 2.45. The molecular formula is C13H16FN3O. The minimum atomic E-state index is -0.398. The maximum Gasteiger partial charge on any atom is 0.207 e. The summed E-state index contributed by atoms with van der Waals surface area (Å²) in [4.78, 5) is 4.20. The number of rotatable bonds is 4. The summed E-state index contributed by atoms with van der Waals surface area (Å²) in [6, 6.07) is 5.01.